The largest absolute Gasteiger partial charge is 0.363 e. The van der Waals surface area contributed by atoms with Gasteiger partial charge in [0.05, 0.1) is 6.61 Å². The van der Waals surface area contributed by atoms with E-state index in [2.05, 4.69) is 35.9 Å². The van der Waals surface area contributed by atoms with Crippen molar-refractivity contribution in [3.8, 4) is 0 Å². The molecule has 3 aliphatic rings. The highest BCUT2D eigenvalue weighted by Crippen LogP contribution is 2.45. The molecule has 3 rings (SSSR count). The Kier molecular flexibility index (Phi) is 20.9. The van der Waals surface area contributed by atoms with E-state index in [1.54, 1.807) is 0 Å². The van der Waals surface area contributed by atoms with Crippen LogP contribution in [0, 0.1) is 0 Å². The molecule has 4 heteroatoms. The molecule has 166 valence electrons. The van der Waals surface area contributed by atoms with Crippen LogP contribution < -0.4 is 0 Å². The third-order valence-electron chi connectivity index (χ3n) is 4.42. The summed E-state index contributed by atoms with van der Waals surface area (Å²) in [7, 11) is 1.84. The van der Waals surface area contributed by atoms with Crippen LogP contribution in [-0.2, 0) is 4.74 Å². The van der Waals surface area contributed by atoms with Crippen molar-refractivity contribution in [1.82, 2.24) is 4.90 Å². The van der Waals surface area contributed by atoms with Crippen molar-refractivity contribution in [3.05, 3.63) is 23.3 Å². The lowest BCUT2D eigenvalue weighted by molar-refractivity contribution is 0.0428. The number of hydrogen-bond donors (Lipinski definition) is 0. The van der Waals surface area contributed by atoms with E-state index in [-0.39, 0.29) is 4.93 Å². The van der Waals surface area contributed by atoms with E-state index in [0.29, 0.717) is 0 Å². The highest BCUT2D eigenvalue weighted by atomic mass is 32.2. The maximum absolute atomic E-state index is 5.87. The maximum Gasteiger partial charge on any atom is 0.118 e. The van der Waals surface area contributed by atoms with E-state index >= 15 is 0 Å². The van der Waals surface area contributed by atoms with Crippen molar-refractivity contribution < 1.29 is 4.74 Å². The van der Waals surface area contributed by atoms with E-state index in [1.165, 1.54) is 43.6 Å². The first-order valence-electron chi connectivity index (χ1n) is 11.4. The molecule has 3 nitrogen and oxygen atoms in total. The van der Waals surface area contributed by atoms with Gasteiger partial charge in [-0.1, -0.05) is 66.2 Å². The predicted molar refractivity (Wildman–Crippen MR) is 132 cm³/mol. The van der Waals surface area contributed by atoms with Gasteiger partial charge in [0, 0.05) is 38.5 Å². The summed E-state index contributed by atoms with van der Waals surface area (Å²) in [6, 6.07) is 0. The molecule has 1 aliphatic carbocycles. The van der Waals surface area contributed by atoms with E-state index in [4.69, 9.17) is 4.74 Å². The first-order valence-corrected chi connectivity index (χ1v) is 12.4. The van der Waals surface area contributed by atoms with E-state index in [0.717, 1.165) is 25.2 Å². The third-order valence-corrected chi connectivity index (χ3v) is 5.78. The fourth-order valence-corrected chi connectivity index (χ4v) is 4.35. The van der Waals surface area contributed by atoms with Crippen LogP contribution in [0.3, 0.4) is 0 Å². The zero-order valence-corrected chi connectivity index (χ0v) is 21.1. The summed E-state index contributed by atoms with van der Waals surface area (Å²) in [5.41, 5.74) is 2.87. The van der Waals surface area contributed by atoms with Crippen molar-refractivity contribution in [1.29, 1.82) is 0 Å². The molecule has 1 spiro atoms. The first-order chi connectivity index (χ1) is 13.7. The molecule has 0 bridgehead atoms. The Labute approximate surface area is 181 Å². The van der Waals surface area contributed by atoms with Gasteiger partial charge in [0.25, 0.3) is 0 Å². The number of nitrogens with zero attached hydrogens (tertiary/aromatic N) is 2. The monoisotopic (exact) mass is 412 g/mol. The van der Waals surface area contributed by atoms with Gasteiger partial charge >= 0.3 is 0 Å². The SMILES string of the molecule is CC.CC.CC.CCCN1CC=CC1.CN=CC1=C(C)CCC2(C1)OCCS2. The van der Waals surface area contributed by atoms with Gasteiger partial charge in [-0.2, -0.15) is 0 Å². The summed E-state index contributed by atoms with van der Waals surface area (Å²) in [6.07, 6.45) is 11.1. The first kappa shape index (κ1) is 29.6. The third kappa shape index (κ3) is 11.4. The average Bonchev–Trinajstić information content (AvgIpc) is 3.43. The van der Waals surface area contributed by atoms with Crippen LogP contribution in [0.15, 0.2) is 28.3 Å². The van der Waals surface area contributed by atoms with Crippen LogP contribution >= 0.6 is 11.8 Å². The van der Waals surface area contributed by atoms with Crippen molar-refractivity contribution >= 4 is 18.0 Å². The molecule has 2 aliphatic heterocycles. The van der Waals surface area contributed by atoms with Crippen LogP contribution in [0.5, 0.6) is 0 Å². The second-order valence-electron chi connectivity index (χ2n) is 6.21. The standard InChI is InChI=1S/C11H17NOS.C7H13N.3C2H6/c1-9-3-4-11(13-5-6-14-11)7-10(9)8-12-2;1-2-5-8-6-3-4-7-8;3*1-2/h8H,3-7H2,1-2H3;3-4H,2,5-7H2,1H3;3*1-2H3. The summed E-state index contributed by atoms with van der Waals surface area (Å²) in [6.45, 7) is 21.0. The molecule has 0 aromatic rings. The number of thioether (sulfide) groups is 1. The normalized spacial score (nSPS) is 23.2. The van der Waals surface area contributed by atoms with Crippen LogP contribution in [0.1, 0.15) is 81.1 Å². The van der Waals surface area contributed by atoms with Crippen LogP contribution in [0.2, 0.25) is 0 Å². The van der Waals surface area contributed by atoms with Crippen LogP contribution in [0.25, 0.3) is 0 Å². The molecule has 1 unspecified atom stereocenters. The minimum Gasteiger partial charge on any atom is -0.363 e. The minimum absolute atomic E-state index is 0.0933. The van der Waals surface area contributed by atoms with Crippen molar-refractivity contribution in [2.45, 2.75) is 86.0 Å². The predicted octanol–water partition coefficient (Wildman–Crippen LogP) is 6.99. The van der Waals surface area contributed by atoms with Gasteiger partial charge in [0.15, 0.2) is 0 Å². The van der Waals surface area contributed by atoms with Gasteiger partial charge < -0.3 is 4.74 Å². The Morgan fingerprint density at radius 1 is 1.14 bits per heavy atom. The summed E-state index contributed by atoms with van der Waals surface area (Å²) in [4.78, 5) is 6.64. The number of ether oxygens (including phenoxy) is 1. The topological polar surface area (TPSA) is 24.8 Å². The molecule has 1 atom stereocenters. The van der Waals surface area contributed by atoms with Crippen LogP contribution in [0.4, 0.5) is 0 Å². The van der Waals surface area contributed by atoms with Crippen LogP contribution in [-0.4, -0.2) is 55.1 Å². The molecule has 2 heterocycles. The Morgan fingerprint density at radius 2 is 1.75 bits per heavy atom. The highest BCUT2D eigenvalue weighted by Gasteiger charge is 2.38. The van der Waals surface area contributed by atoms with Crippen molar-refractivity contribution in [2.24, 2.45) is 4.99 Å². The highest BCUT2D eigenvalue weighted by molar-refractivity contribution is 8.00. The number of rotatable bonds is 3. The molecule has 0 aromatic carbocycles. The smallest absolute Gasteiger partial charge is 0.118 e. The molecule has 1 saturated heterocycles. The molecular formula is C24H48N2OS. The van der Waals surface area contributed by atoms with E-state index in [9.17, 15) is 0 Å². The summed E-state index contributed by atoms with van der Waals surface area (Å²) < 4.78 is 5.87. The zero-order valence-electron chi connectivity index (χ0n) is 20.3. The molecule has 0 saturated carbocycles. The molecule has 0 N–H and O–H groups in total. The Bertz CT molecular complexity index is 430. The molecule has 1 fully saturated rings. The zero-order chi connectivity index (χ0) is 21.8. The summed E-state index contributed by atoms with van der Waals surface area (Å²) in [5.74, 6) is 1.15. The number of hydrogen-bond acceptors (Lipinski definition) is 4. The Morgan fingerprint density at radius 3 is 2.21 bits per heavy atom. The van der Waals surface area contributed by atoms with Gasteiger partial charge in [-0.3, -0.25) is 9.89 Å². The Hall–Kier alpha value is -0.580. The van der Waals surface area contributed by atoms with Gasteiger partial charge in [-0.25, -0.2) is 0 Å². The molecule has 0 aromatic heterocycles. The van der Waals surface area contributed by atoms with Gasteiger partial charge in [0.1, 0.15) is 4.93 Å². The summed E-state index contributed by atoms with van der Waals surface area (Å²) in [5, 5.41) is 0. The lowest BCUT2D eigenvalue weighted by Gasteiger charge is -2.32. The van der Waals surface area contributed by atoms with E-state index in [1.807, 2.05) is 66.6 Å². The fourth-order valence-electron chi connectivity index (χ4n) is 3.14. The number of allylic oxidation sites excluding steroid dienone is 1. The van der Waals surface area contributed by atoms with E-state index < -0.39 is 0 Å². The quantitative estimate of drug-likeness (QED) is 0.369. The fraction of sp³-hybridized carbons (Fsp3) is 0.792. The van der Waals surface area contributed by atoms with Gasteiger partial charge in [-0.05, 0) is 38.3 Å². The van der Waals surface area contributed by atoms with Gasteiger partial charge in [-0.15, -0.1) is 11.8 Å². The minimum atomic E-state index is 0.0933. The van der Waals surface area contributed by atoms with Crippen molar-refractivity contribution in [3.63, 3.8) is 0 Å². The lowest BCUT2D eigenvalue weighted by Crippen LogP contribution is -2.28. The maximum atomic E-state index is 5.87. The second kappa shape index (κ2) is 19.7. The number of aliphatic imine (C=N–C) groups is 1. The molecule has 0 radical (unpaired) electrons. The van der Waals surface area contributed by atoms with Crippen molar-refractivity contribution in [2.75, 3.05) is 39.0 Å². The average molecular weight is 413 g/mol. The second-order valence-corrected chi connectivity index (χ2v) is 7.65. The summed E-state index contributed by atoms with van der Waals surface area (Å²) >= 11 is 1.98. The molecule has 28 heavy (non-hydrogen) atoms. The molecule has 0 amide bonds. The van der Waals surface area contributed by atoms with Gasteiger partial charge in [0.2, 0.25) is 0 Å². The Balaban J connectivity index is 0. The molecular weight excluding hydrogens is 364 g/mol. The lowest BCUT2D eigenvalue weighted by atomic mass is 9.90.